The molecule has 2 nitrogen and oxygen atoms in total. The Balaban J connectivity index is 2.19. The lowest BCUT2D eigenvalue weighted by atomic mass is 10.1. The molecule has 1 fully saturated rings. The topological polar surface area (TPSA) is 12.5 Å². The van der Waals surface area contributed by atoms with Crippen LogP contribution in [-0.2, 0) is 10.1 Å². The van der Waals surface area contributed by atoms with E-state index in [2.05, 4.69) is 40.0 Å². The molecule has 0 bridgehead atoms. The molecule has 88 valence electrons. The van der Waals surface area contributed by atoms with Crippen LogP contribution < -0.4 is 4.90 Å². The highest BCUT2D eigenvalue weighted by Gasteiger charge is 2.21. The Hall–Kier alpha value is -0.250. The van der Waals surface area contributed by atoms with Crippen LogP contribution in [-0.4, -0.2) is 26.3 Å². The van der Waals surface area contributed by atoms with Gasteiger partial charge in [0.1, 0.15) is 0 Å². The number of halogens is 2. The highest BCUT2D eigenvalue weighted by Crippen LogP contribution is 2.29. The van der Waals surface area contributed by atoms with Crippen LogP contribution in [0.15, 0.2) is 18.2 Å². The van der Waals surface area contributed by atoms with Gasteiger partial charge in [0.2, 0.25) is 0 Å². The maximum absolute atomic E-state index is 6.28. The predicted octanol–water partition coefficient (Wildman–Crippen LogP) is 3.46. The number of benzene rings is 1. The molecule has 1 aromatic carbocycles. The first-order valence-electron chi connectivity index (χ1n) is 5.37. The Morgan fingerprint density at radius 3 is 2.94 bits per heavy atom. The summed E-state index contributed by atoms with van der Waals surface area (Å²) in [5.41, 5.74) is 2.28. The van der Waals surface area contributed by atoms with Gasteiger partial charge in [-0.15, -0.1) is 0 Å². The van der Waals surface area contributed by atoms with Crippen molar-refractivity contribution in [3.63, 3.8) is 0 Å². The van der Waals surface area contributed by atoms with Gasteiger partial charge in [-0.3, -0.25) is 0 Å². The maximum Gasteiger partial charge on any atom is 0.0670 e. The first-order chi connectivity index (χ1) is 7.72. The highest BCUT2D eigenvalue weighted by molar-refractivity contribution is 9.08. The van der Waals surface area contributed by atoms with E-state index in [0.29, 0.717) is 6.04 Å². The van der Waals surface area contributed by atoms with Gasteiger partial charge in [-0.1, -0.05) is 33.6 Å². The van der Waals surface area contributed by atoms with Crippen LogP contribution in [0.4, 0.5) is 5.69 Å². The summed E-state index contributed by atoms with van der Waals surface area (Å²) in [6, 6.07) is 6.64. The van der Waals surface area contributed by atoms with Crippen molar-refractivity contribution in [2.75, 3.05) is 25.2 Å². The van der Waals surface area contributed by atoms with Gasteiger partial charge in [0, 0.05) is 19.0 Å². The van der Waals surface area contributed by atoms with Crippen LogP contribution in [0.2, 0.25) is 5.02 Å². The highest BCUT2D eigenvalue weighted by atomic mass is 79.9. The normalized spacial score (nSPS) is 20.1. The molecule has 0 N–H and O–H groups in total. The van der Waals surface area contributed by atoms with Crippen molar-refractivity contribution < 1.29 is 4.74 Å². The summed E-state index contributed by atoms with van der Waals surface area (Å²) >= 11 is 9.71. The molecule has 4 heteroatoms. The molecule has 0 amide bonds. The number of anilines is 1. The zero-order valence-corrected chi connectivity index (χ0v) is 11.6. The van der Waals surface area contributed by atoms with E-state index in [-0.39, 0.29) is 0 Å². The van der Waals surface area contributed by atoms with E-state index in [1.54, 1.807) is 0 Å². The molecule has 1 aliphatic rings. The Morgan fingerprint density at radius 1 is 1.56 bits per heavy atom. The summed E-state index contributed by atoms with van der Waals surface area (Å²) in [5, 5.41) is 1.65. The fourth-order valence-corrected chi connectivity index (χ4v) is 2.63. The summed E-state index contributed by atoms with van der Waals surface area (Å²) in [6.45, 7) is 1.65. The number of hydrogen-bond acceptors (Lipinski definition) is 2. The summed E-state index contributed by atoms with van der Waals surface area (Å²) in [7, 11) is 2.08. The lowest BCUT2D eigenvalue weighted by Gasteiger charge is -2.26. The van der Waals surface area contributed by atoms with Crippen molar-refractivity contribution in [1.82, 2.24) is 0 Å². The molecule has 1 atom stereocenters. The monoisotopic (exact) mass is 303 g/mol. The number of ether oxygens (including phenoxy) is 1. The van der Waals surface area contributed by atoms with Gasteiger partial charge < -0.3 is 9.64 Å². The molecule has 1 saturated heterocycles. The van der Waals surface area contributed by atoms with Gasteiger partial charge >= 0.3 is 0 Å². The smallest absolute Gasteiger partial charge is 0.0670 e. The van der Waals surface area contributed by atoms with Gasteiger partial charge in [-0.05, 0) is 24.1 Å². The quantitative estimate of drug-likeness (QED) is 0.793. The van der Waals surface area contributed by atoms with Crippen molar-refractivity contribution in [3.8, 4) is 0 Å². The SMILES string of the molecule is CN(c1ccc(CBr)cc1Cl)C1CCOC1. The molecular weight excluding hydrogens is 289 g/mol. The van der Waals surface area contributed by atoms with Gasteiger partial charge in [-0.25, -0.2) is 0 Å². The molecule has 1 heterocycles. The fourth-order valence-electron chi connectivity index (χ4n) is 1.94. The van der Waals surface area contributed by atoms with Crippen LogP contribution >= 0.6 is 27.5 Å². The molecule has 1 aromatic rings. The molecule has 0 spiro atoms. The van der Waals surface area contributed by atoms with Crippen LogP contribution in [0.25, 0.3) is 0 Å². The fraction of sp³-hybridized carbons (Fsp3) is 0.500. The van der Waals surface area contributed by atoms with Gasteiger partial charge in [0.25, 0.3) is 0 Å². The van der Waals surface area contributed by atoms with Crippen molar-refractivity contribution in [2.24, 2.45) is 0 Å². The Labute approximate surface area is 110 Å². The van der Waals surface area contributed by atoms with Crippen LogP contribution in [0.3, 0.4) is 0 Å². The molecule has 0 aliphatic carbocycles. The minimum absolute atomic E-state index is 0.451. The van der Waals surface area contributed by atoms with E-state index in [1.165, 1.54) is 5.56 Å². The van der Waals surface area contributed by atoms with Crippen molar-refractivity contribution in [3.05, 3.63) is 28.8 Å². The minimum atomic E-state index is 0.451. The average Bonchev–Trinajstić information content (AvgIpc) is 2.81. The van der Waals surface area contributed by atoms with Crippen molar-refractivity contribution >= 4 is 33.2 Å². The van der Waals surface area contributed by atoms with E-state index < -0.39 is 0 Å². The number of alkyl halides is 1. The van der Waals surface area contributed by atoms with E-state index in [1.807, 2.05) is 6.07 Å². The lowest BCUT2D eigenvalue weighted by Crippen LogP contribution is -2.31. The number of nitrogens with zero attached hydrogens (tertiary/aromatic N) is 1. The zero-order valence-electron chi connectivity index (χ0n) is 9.25. The van der Waals surface area contributed by atoms with Crippen molar-refractivity contribution in [2.45, 2.75) is 17.8 Å². The molecule has 1 aliphatic heterocycles. The first kappa shape index (κ1) is 12.2. The minimum Gasteiger partial charge on any atom is -0.379 e. The third kappa shape index (κ3) is 2.53. The summed E-state index contributed by atoms with van der Waals surface area (Å²) in [5.74, 6) is 0. The Kier molecular flexibility index (Phi) is 4.11. The second-order valence-corrected chi connectivity index (χ2v) is 5.02. The van der Waals surface area contributed by atoms with Gasteiger partial charge in [-0.2, -0.15) is 0 Å². The van der Waals surface area contributed by atoms with E-state index in [9.17, 15) is 0 Å². The van der Waals surface area contributed by atoms with E-state index >= 15 is 0 Å². The number of rotatable bonds is 3. The van der Waals surface area contributed by atoms with E-state index in [0.717, 1.165) is 35.7 Å². The molecule has 2 rings (SSSR count). The van der Waals surface area contributed by atoms with Crippen molar-refractivity contribution in [1.29, 1.82) is 0 Å². The lowest BCUT2D eigenvalue weighted by molar-refractivity contribution is 0.193. The van der Waals surface area contributed by atoms with Crippen LogP contribution in [0.1, 0.15) is 12.0 Å². The summed E-state index contributed by atoms with van der Waals surface area (Å²) in [6.07, 6.45) is 1.08. The predicted molar refractivity (Wildman–Crippen MR) is 71.7 cm³/mol. The zero-order chi connectivity index (χ0) is 11.5. The average molecular weight is 305 g/mol. The Bertz CT molecular complexity index is 366. The molecule has 16 heavy (non-hydrogen) atoms. The molecule has 1 unspecified atom stereocenters. The van der Waals surface area contributed by atoms with Crippen LogP contribution in [0.5, 0.6) is 0 Å². The molecule has 0 saturated carbocycles. The summed E-state index contributed by atoms with van der Waals surface area (Å²) in [4.78, 5) is 2.22. The maximum atomic E-state index is 6.28. The standard InChI is InChI=1S/C12H15BrClNO/c1-15(10-4-5-16-8-10)12-3-2-9(7-13)6-11(12)14/h2-3,6,10H,4-5,7-8H2,1H3. The molecule has 0 radical (unpaired) electrons. The molecular formula is C12H15BrClNO. The largest absolute Gasteiger partial charge is 0.379 e. The molecule has 0 aromatic heterocycles. The van der Waals surface area contributed by atoms with Gasteiger partial charge in [0.05, 0.1) is 23.4 Å². The second-order valence-electron chi connectivity index (χ2n) is 4.05. The van der Waals surface area contributed by atoms with Gasteiger partial charge in [0.15, 0.2) is 0 Å². The van der Waals surface area contributed by atoms with Crippen LogP contribution in [0, 0.1) is 0 Å². The first-order valence-corrected chi connectivity index (χ1v) is 6.87. The number of likely N-dealkylation sites (N-methyl/N-ethyl adjacent to an activating group) is 1. The third-order valence-electron chi connectivity index (χ3n) is 3.00. The third-order valence-corrected chi connectivity index (χ3v) is 3.95. The summed E-state index contributed by atoms with van der Waals surface area (Å²) < 4.78 is 5.39. The second kappa shape index (κ2) is 5.39. The van der Waals surface area contributed by atoms with E-state index in [4.69, 9.17) is 16.3 Å². The Morgan fingerprint density at radius 2 is 2.38 bits per heavy atom. The number of hydrogen-bond donors (Lipinski definition) is 0.